The van der Waals surface area contributed by atoms with Gasteiger partial charge in [-0.05, 0) is 46.1 Å². The Kier molecular flexibility index (Phi) is 4.99. The molecule has 0 bridgehead atoms. The van der Waals surface area contributed by atoms with Crippen LogP contribution in [0, 0.1) is 6.92 Å². The Morgan fingerprint density at radius 2 is 1.88 bits per heavy atom. The minimum Gasteiger partial charge on any atom is -0.352 e. The molecule has 0 saturated carbocycles. The first kappa shape index (κ1) is 12.7. The molecule has 0 aliphatic heterocycles. The Morgan fingerprint density at radius 1 is 1.25 bits per heavy atom. The first-order chi connectivity index (χ1) is 7.59. The number of nitrogens with one attached hydrogen (secondary N) is 1. The summed E-state index contributed by atoms with van der Waals surface area (Å²) in [5.74, 6) is 0.0127. The fourth-order valence-electron chi connectivity index (χ4n) is 1.40. The molecule has 1 aromatic rings. The molecule has 0 atom stereocenters. The van der Waals surface area contributed by atoms with E-state index in [0.717, 1.165) is 25.1 Å². The number of hydrogen-bond acceptors (Lipinski definition) is 2. The number of carbonyl (C=O) groups is 1. The van der Waals surface area contributed by atoms with E-state index in [4.69, 9.17) is 0 Å². The summed E-state index contributed by atoms with van der Waals surface area (Å²) in [5, 5.41) is 2.91. The molecule has 0 aromatic heterocycles. The van der Waals surface area contributed by atoms with Gasteiger partial charge in [0.05, 0.1) is 0 Å². The molecule has 0 fully saturated rings. The van der Waals surface area contributed by atoms with Crippen molar-refractivity contribution in [2.24, 2.45) is 0 Å². The van der Waals surface area contributed by atoms with Crippen LogP contribution in [0.2, 0.25) is 0 Å². The van der Waals surface area contributed by atoms with Gasteiger partial charge in [-0.3, -0.25) is 4.79 Å². The van der Waals surface area contributed by atoms with E-state index < -0.39 is 0 Å². The highest BCUT2D eigenvalue weighted by molar-refractivity contribution is 5.94. The summed E-state index contributed by atoms with van der Waals surface area (Å²) < 4.78 is 0. The molecule has 0 spiro atoms. The lowest BCUT2D eigenvalue weighted by Gasteiger charge is -2.09. The molecule has 16 heavy (non-hydrogen) atoms. The van der Waals surface area contributed by atoms with Gasteiger partial charge in [0.2, 0.25) is 0 Å². The molecule has 0 radical (unpaired) electrons. The van der Waals surface area contributed by atoms with Gasteiger partial charge in [-0.1, -0.05) is 17.7 Å². The van der Waals surface area contributed by atoms with E-state index in [2.05, 4.69) is 10.2 Å². The number of aryl methyl sites for hydroxylation is 1. The summed E-state index contributed by atoms with van der Waals surface area (Å²) in [7, 11) is 4.06. The molecule has 0 unspecified atom stereocenters. The minimum atomic E-state index is 0.0127. The van der Waals surface area contributed by atoms with E-state index in [9.17, 15) is 4.79 Å². The summed E-state index contributed by atoms with van der Waals surface area (Å²) in [5.41, 5.74) is 1.90. The highest BCUT2D eigenvalue weighted by Crippen LogP contribution is 2.02. The molecule has 3 heteroatoms. The molecule has 0 aliphatic carbocycles. The normalized spacial score (nSPS) is 10.5. The number of carbonyl (C=O) groups excluding carboxylic acids is 1. The fourth-order valence-corrected chi connectivity index (χ4v) is 1.40. The number of hydrogen-bond donors (Lipinski definition) is 1. The Bertz CT molecular complexity index is 330. The first-order valence-electron chi connectivity index (χ1n) is 5.59. The summed E-state index contributed by atoms with van der Waals surface area (Å²) in [4.78, 5) is 13.8. The van der Waals surface area contributed by atoms with Crippen molar-refractivity contribution in [3.63, 3.8) is 0 Å². The molecule has 1 amide bonds. The molecular formula is C13H20N2O. The molecule has 0 heterocycles. The van der Waals surface area contributed by atoms with Crippen LogP contribution < -0.4 is 5.32 Å². The van der Waals surface area contributed by atoms with Gasteiger partial charge < -0.3 is 10.2 Å². The number of benzene rings is 1. The lowest BCUT2D eigenvalue weighted by atomic mass is 10.1. The predicted molar refractivity (Wildman–Crippen MR) is 66.7 cm³/mol. The molecule has 3 nitrogen and oxygen atoms in total. The van der Waals surface area contributed by atoms with Crippen LogP contribution in [0.1, 0.15) is 22.3 Å². The Hall–Kier alpha value is -1.35. The third-order valence-electron chi connectivity index (χ3n) is 2.38. The molecule has 1 N–H and O–H groups in total. The van der Waals surface area contributed by atoms with Gasteiger partial charge in [0.25, 0.3) is 5.91 Å². The topological polar surface area (TPSA) is 32.3 Å². The molecule has 0 aliphatic rings. The lowest BCUT2D eigenvalue weighted by Crippen LogP contribution is -2.27. The van der Waals surface area contributed by atoms with E-state index in [0.29, 0.717) is 0 Å². The van der Waals surface area contributed by atoms with Crippen molar-refractivity contribution < 1.29 is 4.79 Å². The summed E-state index contributed by atoms with van der Waals surface area (Å²) in [6.45, 7) is 3.73. The van der Waals surface area contributed by atoms with Crippen LogP contribution >= 0.6 is 0 Å². The van der Waals surface area contributed by atoms with Crippen LogP contribution in [-0.4, -0.2) is 38.0 Å². The van der Waals surface area contributed by atoms with Crippen LogP contribution in [0.3, 0.4) is 0 Å². The maximum Gasteiger partial charge on any atom is 0.251 e. The van der Waals surface area contributed by atoms with Gasteiger partial charge in [0, 0.05) is 12.1 Å². The largest absolute Gasteiger partial charge is 0.352 e. The van der Waals surface area contributed by atoms with Crippen LogP contribution in [-0.2, 0) is 0 Å². The zero-order valence-electron chi connectivity index (χ0n) is 10.3. The van der Waals surface area contributed by atoms with Gasteiger partial charge in [-0.2, -0.15) is 0 Å². The Balaban J connectivity index is 2.32. The van der Waals surface area contributed by atoms with Crippen molar-refractivity contribution in [3.05, 3.63) is 35.4 Å². The van der Waals surface area contributed by atoms with Crippen molar-refractivity contribution in [2.75, 3.05) is 27.2 Å². The van der Waals surface area contributed by atoms with Crippen LogP contribution in [0.25, 0.3) is 0 Å². The van der Waals surface area contributed by atoms with Gasteiger partial charge in [-0.15, -0.1) is 0 Å². The molecule has 88 valence electrons. The molecule has 0 saturated heterocycles. The molecule has 1 rings (SSSR count). The number of amides is 1. The van der Waals surface area contributed by atoms with Crippen LogP contribution in [0.15, 0.2) is 24.3 Å². The summed E-state index contributed by atoms with van der Waals surface area (Å²) >= 11 is 0. The Morgan fingerprint density at radius 3 is 2.44 bits per heavy atom. The van der Waals surface area contributed by atoms with Gasteiger partial charge in [0.15, 0.2) is 0 Å². The van der Waals surface area contributed by atoms with Crippen molar-refractivity contribution in [1.82, 2.24) is 10.2 Å². The van der Waals surface area contributed by atoms with Crippen molar-refractivity contribution in [3.8, 4) is 0 Å². The highest BCUT2D eigenvalue weighted by atomic mass is 16.1. The molecular weight excluding hydrogens is 200 g/mol. The SMILES string of the molecule is Cc1ccc(C(=O)NCCCN(C)C)cc1. The Labute approximate surface area is 97.5 Å². The second kappa shape index (κ2) is 6.28. The smallest absolute Gasteiger partial charge is 0.251 e. The average Bonchev–Trinajstić information content (AvgIpc) is 2.25. The van der Waals surface area contributed by atoms with Gasteiger partial charge >= 0.3 is 0 Å². The van der Waals surface area contributed by atoms with Crippen molar-refractivity contribution in [1.29, 1.82) is 0 Å². The third-order valence-corrected chi connectivity index (χ3v) is 2.38. The van der Waals surface area contributed by atoms with E-state index in [1.54, 1.807) is 0 Å². The fraction of sp³-hybridized carbons (Fsp3) is 0.462. The summed E-state index contributed by atoms with van der Waals surface area (Å²) in [6, 6.07) is 7.62. The summed E-state index contributed by atoms with van der Waals surface area (Å²) in [6.07, 6.45) is 0.977. The standard InChI is InChI=1S/C13H20N2O/c1-11-5-7-12(8-6-11)13(16)14-9-4-10-15(2)3/h5-8H,4,9-10H2,1-3H3,(H,14,16). The predicted octanol–water partition coefficient (Wildman–Crippen LogP) is 1.68. The number of rotatable bonds is 5. The first-order valence-corrected chi connectivity index (χ1v) is 5.59. The quantitative estimate of drug-likeness (QED) is 0.766. The van der Waals surface area contributed by atoms with E-state index >= 15 is 0 Å². The van der Waals surface area contributed by atoms with Crippen LogP contribution in [0.5, 0.6) is 0 Å². The third kappa shape index (κ3) is 4.45. The maximum atomic E-state index is 11.7. The highest BCUT2D eigenvalue weighted by Gasteiger charge is 2.03. The second-order valence-electron chi connectivity index (χ2n) is 4.28. The minimum absolute atomic E-state index is 0.0127. The molecule has 1 aromatic carbocycles. The van der Waals surface area contributed by atoms with E-state index in [1.165, 1.54) is 5.56 Å². The van der Waals surface area contributed by atoms with Crippen molar-refractivity contribution >= 4 is 5.91 Å². The van der Waals surface area contributed by atoms with Gasteiger partial charge in [-0.25, -0.2) is 0 Å². The van der Waals surface area contributed by atoms with Crippen molar-refractivity contribution in [2.45, 2.75) is 13.3 Å². The zero-order valence-corrected chi connectivity index (χ0v) is 10.3. The van der Waals surface area contributed by atoms with E-state index in [1.807, 2.05) is 45.3 Å². The lowest BCUT2D eigenvalue weighted by molar-refractivity contribution is 0.0952. The second-order valence-corrected chi connectivity index (χ2v) is 4.28. The monoisotopic (exact) mass is 220 g/mol. The van der Waals surface area contributed by atoms with Gasteiger partial charge in [0.1, 0.15) is 0 Å². The van der Waals surface area contributed by atoms with E-state index in [-0.39, 0.29) is 5.91 Å². The van der Waals surface area contributed by atoms with Crippen LogP contribution in [0.4, 0.5) is 0 Å². The zero-order chi connectivity index (χ0) is 12.0. The maximum absolute atomic E-state index is 11.7. The number of nitrogens with zero attached hydrogens (tertiary/aromatic N) is 1. The average molecular weight is 220 g/mol.